The molecule has 0 bridgehead atoms. The molecule has 24 nitrogen and oxygen atoms in total. The van der Waals surface area contributed by atoms with Crippen molar-refractivity contribution in [1.29, 1.82) is 0 Å². The Balaban J connectivity index is 4.59. The van der Waals surface area contributed by atoms with Gasteiger partial charge in [-0.25, -0.2) is 0 Å². The Kier molecular flexibility index (Phi) is 34.6. The molecule has 24 heteroatoms. The minimum Gasteiger partial charge on any atom is -0.390 e. The third-order valence-corrected chi connectivity index (χ3v) is 17.4. The van der Waals surface area contributed by atoms with E-state index in [4.69, 9.17) is 4.74 Å². The molecule has 1 rings (SSSR count). The molecule has 0 aromatic carbocycles. The molecule has 1 aliphatic rings. The summed E-state index contributed by atoms with van der Waals surface area (Å²) >= 11 is 0. The zero-order valence-electron chi connectivity index (χ0n) is 61.1. The average Bonchev–Trinajstić information content (AvgIpc) is 0.879. The summed E-state index contributed by atoms with van der Waals surface area (Å²) in [7, 11) is 11.1. The highest BCUT2D eigenvalue weighted by Gasteiger charge is 2.47. The SMILES string of the molecule is C/C=C/C[C@@H](C)[C@@H](O)[C@H]1C(=O)N[C@@H](CC)C(=O)N(C)C(OC)C(=O)N(C)[C@@H](CC(C)C)C(=O)N(CC=C(C)C)[C@@H](C(C)C)C(=O)N(C)[C@@H](CC(C)C)C(=O)N[C@@H](C)C(=O)N[C@H](C)C(=O)N(C)[C@@H](CC(C)C)C(=O)N(C)[C@@H](CC(C)C)C(=O)N(C)[C@@H](C(C)C)C(=O)N1C. The van der Waals surface area contributed by atoms with E-state index in [-0.39, 0.29) is 68.7 Å². The van der Waals surface area contributed by atoms with Crippen LogP contribution in [0.5, 0.6) is 0 Å². The Labute approximate surface area is 551 Å². The second-order valence-electron chi connectivity index (χ2n) is 28.1. The fourth-order valence-electron chi connectivity index (χ4n) is 11.8. The molecular formula is C68H121N11O13. The van der Waals surface area contributed by atoms with Crippen molar-refractivity contribution in [3.8, 4) is 0 Å². The first kappa shape index (κ1) is 83.6. The molecule has 13 atom stereocenters. The second-order valence-corrected chi connectivity index (χ2v) is 28.1. The highest BCUT2D eigenvalue weighted by Crippen LogP contribution is 2.27. The highest BCUT2D eigenvalue weighted by molar-refractivity contribution is 6.00. The number of likely N-dealkylation sites (N-methyl/N-ethyl adjacent to an activating group) is 7. The minimum absolute atomic E-state index is 0.0408. The Bertz CT molecular complexity index is 2570. The fraction of sp³-hybridized carbons (Fsp3) is 0.779. The molecule has 526 valence electrons. The van der Waals surface area contributed by atoms with Crippen LogP contribution >= 0.6 is 0 Å². The lowest BCUT2D eigenvalue weighted by Crippen LogP contribution is -2.64. The second kappa shape index (κ2) is 38.1. The van der Waals surface area contributed by atoms with Crippen LogP contribution in [0.4, 0.5) is 0 Å². The maximum absolute atomic E-state index is 15.6. The van der Waals surface area contributed by atoms with E-state index in [0.29, 0.717) is 0 Å². The van der Waals surface area contributed by atoms with Crippen LogP contribution in [0.1, 0.15) is 170 Å². The predicted molar refractivity (Wildman–Crippen MR) is 357 cm³/mol. The van der Waals surface area contributed by atoms with Crippen LogP contribution < -0.4 is 16.0 Å². The van der Waals surface area contributed by atoms with E-state index in [1.807, 2.05) is 69.2 Å². The predicted octanol–water partition coefficient (Wildman–Crippen LogP) is 4.92. The van der Waals surface area contributed by atoms with Gasteiger partial charge in [0.15, 0.2) is 0 Å². The maximum atomic E-state index is 15.6. The van der Waals surface area contributed by atoms with E-state index in [0.717, 1.165) is 15.4 Å². The Morgan fingerprint density at radius 2 is 0.880 bits per heavy atom. The topological polar surface area (TPSA) is 279 Å². The maximum Gasteiger partial charge on any atom is 0.273 e. The zero-order valence-corrected chi connectivity index (χ0v) is 61.1. The highest BCUT2D eigenvalue weighted by atomic mass is 16.5. The van der Waals surface area contributed by atoms with Crippen LogP contribution in [0, 0.1) is 41.4 Å². The largest absolute Gasteiger partial charge is 0.390 e. The van der Waals surface area contributed by atoms with E-state index in [9.17, 15) is 24.3 Å². The van der Waals surface area contributed by atoms with Gasteiger partial charge in [0.1, 0.15) is 60.4 Å². The van der Waals surface area contributed by atoms with Crippen LogP contribution in [-0.2, 0) is 57.5 Å². The van der Waals surface area contributed by atoms with E-state index in [1.165, 1.54) is 99.7 Å². The number of carbonyl (C=O) groups excluding carboxylic acids is 11. The summed E-state index contributed by atoms with van der Waals surface area (Å²) in [6.45, 7) is 33.6. The van der Waals surface area contributed by atoms with Gasteiger partial charge in [-0.3, -0.25) is 52.7 Å². The number of aliphatic hydroxyl groups is 1. The van der Waals surface area contributed by atoms with E-state index >= 15 is 33.6 Å². The molecular weight excluding hydrogens is 1180 g/mol. The zero-order chi connectivity index (χ0) is 71.4. The van der Waals surface area contributed by atoms with Gasteiger partial charge in [-0.2, -0.15) is 0 Å². The number of hydrogen-bond acceptors (Lipinski definition) is 13. The van der Waals surface area contributed by atoms with Crippen molar-refractivity contribution in [2.45, 2.75) is 243 Å². The van der Waals surface area contributed by atoms with Crippen LogP contribution in [0.15, 0.2) is 23.8 Å². The number of allylic oxidation sites excluding steroid dienone is 3. The Morgan fingerprint density at radius 1 is 0.478 bits per heavy atom. The monoisotopic (exact) mass is 1300 g/mol. The standard InChI is InChI=1S/C68H121N11O13/c1-28-30-31-45(17)56(80)55-59(83)71-48(29-2)61(85)78(26)68(92-27)67(91)75(23)52(37-42(11)12)64(88)79(33-32-38(3)4)54(44(15)16)66(90)72(20)49(34-39(5)6)58(82)69-46(18)57(81)70-47(19)60(84)73(21)50(35-40(7)8)62(86)74(22)51(36-41(9)10)63(87)76(24)53(43(13)14)65(89)77(55)25/h28,30,32,39-56,68,80H,29,31,33-37H2,1-27H3,(H,69,82)(H,70,81)(H,71,83)/b30-28+/t45-,46+,47-,48+,49+,50+,51+,52+,53+,54+,55+,56-,68?/m1/s1. The normalized spacial score (nSPS) is 26.6. The molecule has 1 saturated heterocycles. The number of amides is 11. The number of ether oxygens (including phenoxy) is 1. The summed E-state index contributed by atoms with van der Waals surface area (Å²) in [6.07, 6.45) is 2.91. The lowest BCUT2D eigenvalue weighted by molar-refractivity contribution is -0.167. The van der Waals surface area contributed by atoms with Gasteiger partial charge in [-0.05, 0) is 115 Å². The third kappa shape index (κ3) is 22.7. The first-order valence-electron chi connectivity index (χ1n) is 33.0. The van der Waals surface area contributed by atoms with E-state index in [2.05, 4.69) is 16.0 Å². The summed E-state index contributed by atoms with van der Waals surface area (Å²) in [5, 5.41) is 20.4. The van der Waals surface area contributed by atoms with E-state index < -0.39 is 155 Å². The van der Waals surface area contributed by atoms with Gasteiger partial charge in [-0.15, -0.1) is 0 Å². The quantitative estimate of drug-likeness (QED) is 0.133. The van der Waals surface area contributed by atoms with Crippen LogP contribution in [0.2, 0.25) is 0 Å². The molecule has 1 aliphatic heterocycles. The number of nitrogens with one attached hydrogen (secondary N) is 3. The van der Waals surface area contributed by atoms with Gasteiger partial charge < -0.3 is 65.0 Å². The van der Waals surface area contributed by atoms with Crippen molar-refractivity contribution in [2.24, 2.45) is 41.4 Å². The molecule has 0 saturated carbocycles. The summed E-state index contributed by atoms with van der Waals surface area (Å²) in [4.78, 5) is 174. The first-order valence-corrected chi connectivity index (χ1v) is 33.0. The number of nitrogens with zero attached hydrogens (tertiary/aromatic N) is 8. The van der Waals surface area contributed by atoms with Crippen molar-refractivity contribution in [3.05, 3.63) is 23.8 Å². The van der Waals surface area contributed by atoms with Crippen molar-refractivity contribution < 1.29 is 62.6 Å². The number of rotatable bonds is 18. The molecule has 0 spiro atoms. The summed E-state index contributed by atoms with van der Waals surface area (Å²) in [6, 6.07) is -12.8. The summed E-state index contributed by atoms with van der Waals surface area (Å²) in [5.41, 5.74) is 0.822. The van der Waals surface area contributed by atoms with Gasteiger partial charge in [-0.1, -0.05) is 121 Å². The smallest absolute Gasteiger partial charge is 0.273 e. The molecule has 0 aromatic heterocycles. The number of methoxy groups -OCH3 is 1. The first-order chi connectivity index (χ1) is 42.5. The summed E-state index contributed by atoms with van der Waals surface area (Å²) < 4.78 is 5.78. The molecule has 11 amide bonds. The van der Waals surface area contributed by atoms with Crippen molar-refractivity contribution in [1.82, 2.24) is 55.1 Å². The number of hydrogen-bond donors (Lipinski definition) is 4. The van der Waals surface area contributed by atoms with Gasteiger partial charge in [0.05, 0.1) is 6.10 Å². The molecule has 0 radical (unpaired) electrons. The molecule has 92 heavy (non-hydrogen) atoms. The Hall–Kier alpha value is -6.43. The van der Waals surface area contributed by atoms with Crippen molar-refractivity contribution in [3.63, 3.8) is 0 Å². The minimum atomic E-state index is -1.68. The van der Waals surface area contributed by atoms with Gasteiger partial charge in [0, 0.05) is 63.0 Å². The van der Waals surface area contributed by atoms with Gasteiger partial charge in [0.25, 0.3) is 5.91 Å². The lowest BCUT2D eigenvalue weighted by atomic mass is 9.91. The van der Waals surface area contributed by atoms with Crippen LogP contribution in [0.25, 0.3) is 0 Å². The van der Waals surface area contributed by atoms with Crippen molar-refractivity contribution in [2.75, 3.05) is 63.0 Å². The van der Waals surface area contributed by atoms with Crippen LogP contribution in [-0.4, -0.2) is 245 Å². The fourth-order valence-corrected chi connectivity index (χ4v) is 11.8. The molecule has 0 aliphatic carbocycles. The molecule has 1 fully saturated rings. The Morgan fingerprint density at radius 3 is 1.32 bits per heavy atom. The molecule has 4 N–H and O–H groups in total. The van der Waals surface area contributed by atoms with Crippen molar-refractivity contribution >= 4 is 65.0 Å². The molecule has 0 aromatic rings. The lowest BCUT2D eigenvalue weighted by Gasteiger charge is -2.42. The third-order valence-electron chi connectivity index (χ3n) is 17.4. The summed E-state index contributed by atoms with van der Waals surface area (Å²) in [5.74, 6) is -10.2. The van der Waals surface area contributed by atoms with Gasteiger partial charge >= 0.3 is 0 Å². The van der Waals surface area contributed by atoms with Crippen LogP contribution in [0.3, 0.4) is 0 Å². The molecule has 1 unspecified atom stereocenters. The van der Waals surface area contributed by atoms with E-state index in [1.54, 1.807) is 66.7 Å². The van der Waals surface area contributed by atoms with Gasteiger partial charge in [0.2, 0.25) is 65.3 Å². The average molecular weight is 1300 g/mol. The number of carbonyl (C=O) groups is 11. The molecule has 1 heterocycles. The number of aliphatic hydroxyl groups excluding tert-OH is 1.